The summed E-state index contributed by atoms with van der Waals surface area (Å²) in [5.74, 6) is 4.64. The lowest BCUT2D eigenvalue weighted by atomic mass is 10.2. The van der Waals surface area contributed by atoms with E-state index in [9.17, 15) is 4.79 Å². The van der Waals surface area contributed by atoms with Gasteiger partial charge in [-0.3, -0.25) is 0 Å². The third kappa shape index (κ3) is 4.34. The van der Waals surface area contributed by atoms with E-state index in [1.54, 1.807) is 29.2 Å². The van der Waals surface area contributed by atoms with Gasteiger partial charge in [0.2, 0.25) is 0 Å². The molecule has 2 aromatic rings. The first-order chi connectivity index (χ1) is 12.2. The minimum atomic E-state index is -0.243. The van der Waals surface area contributed by atoms with E-state index in [4.69, 9.17) is 20.3 Å². The molecule has 25 heavy (non-hydrogen) atoms. The normalized spacial score (nSPS) is 17.0. The fourth-order valence-corrected chi connectivity index (χ4v) is 2.59. The Morgan fingerprint density at radius 1 is 1.36 bits per heavy atom. The molecule has 1 unspecified atom stereocenters. The summed E-state index contributed by atoms with van der Waals surface area (Å²) in [4.78, 5) is 14.2. The fourth-order valence-electron chi connectivity index (χ4n) is 2.59. The summed E-state index contributed by atoms with van der Waals surface area (Å²) in [7, 11) is 0. The van der Waals surface area contributed by atoms with Crippen LogP contribution in [0.2, 0.25) is 0 Å². The van der Waals surface area contributed by atoms with Crippen molar-refractivity contribution in [3.8, 4) is 18.1 Å². The van der Waals surface area contributed by atoms with Gasteiger partial charge >= 0.3 is 6.03 Å². The Kier molecular flexibility index (Phi) is 5.26. The van der Waals surface area contributed by atoms with Crippen molar-refractivity contribution in [2.24, 2.45) is 0 Å². The molecule has 1 atom stereocenters. The summed E-state index contributed by atoms with van der Waals surface area (Å²) < 4.78 is 16.6. The molecule has 0 spiro atoms. The minimum absolute atomic E-state index is 0.172. The Balaban J connectivity index is 1.58. The highest BCUT2D eigenvalue weighted by atomic mass is 16.5. The number of nitrogens with zero attached hydrogens (tertiary/aromatic N) is 1. The van der Waals surface area contributed by atoms with Crippen LogP contribution in [0.4, 0.5) is 10.5 Å². The predicted molar refractivity (Wildman–Crippen MR) is 93.5 cm³/mol. The SMILES string of the molecule is C#CCOc1ccc(NC(=O)N2CCOC(c3ccc(C)o3)C2)cc1. The molecular weight excluding hydrogens is 320 g/mol. The van der Waals surface area contributed by atoms with Crippen molar-refractivity contribution >= 4 is 11.7 Å². The molecule has 1 fully saturated rings. The molecule has 3 rings (SSSR count). The molecule has 6 heteroatoms. The molecule has 1 aliphatic rings. The van der Waals surface area contributed by atoms with Gasteiger partial charge < -0.3 is 24.1 Å². The van der Waals surface area contributed by atoms with Crippen LogP contribution in [-0.2, 0) is 4.74 Å². The van der Waals surface area contributed by atoms with Crippen LogP contribution in [0.25, 0.3) is 0 Å². The average Bonchev–Trinajstić information content (AvgIpc) is 3.08. The third-order valence-corrected chi connectivity index (χ3v) is 3.86. The zero-order valence-corrected chi connectivity index (χ0v) is 14.0. The second-order valence-electron chi connectivity index (χ2n) is 5.70. The summed E-state index contributed by atoms with van der Waals surface area (Å²) in [6.07, 6.45) is 4.91. The lowest BCUT2D eigenvalue weighted by Crippen LogP contribution is -2.44. The highest BCUT2D eigenvalue weighted by molar-refractivity contribution is 5.89. The van der Waals surface area contributed by atoms with E-state index < -0.39 is 0 Å². The number of hydrogen-bond acceptors (Lipinski definition) is 4. The molecule has 0 aliphatic carbocycles. The standard InChI is InChI=1S/C19H20N2O4/c1-3-11-23-16-7-5-15(6-8-16)20-19(22)21-10-12-24-18(13-21)17-9-4-14(2)25-17/h1,4-9,18H,10-13H2,2H3,(H,20,22). The first kappa shape index (κ1) is 16.9. The lowest BCUT2D eigenvalue weighted by molar-refractivity contribution is -0.0246. The molecule has 0 radical (unpaired) electrons. The number of terminal acetylenes is 1. The zero-order valence-electron chi connectivity index (χ0n) is 14.0. The average molecular weight is 340 g/mol. The van der Waals surface area contributed by atoms with Crippen molar-refractivity contribution in [2.75, 3.05) is 31.6 Å². The van der Waals surface area contributed by atoms with Crippen molar-refractivity contribution < 1.29 is 18.7 Å². The molecule has 2 heterocycles. The number of anilines is 1. The van der Waals surface area contributed by atoms with E-state index in [-0.39, 0.29) is 18.7 Å². The molecule has 6 nitrogen and oxygen atoms in total. The summed E-state index contributed by atoms with van der Waals surface area (Å²) >= 11 is 0. The number of hydrogen-bond donors (Lipinski definition) is 1. The molecule has 1 aromatic heterocycles. The van der Waals surface area contributed by atoms with Gasteiger partial charge in [0.1, 0.15) is 30.0 Å². The fraction of sp³-hybridized carbons (Fsp3) is 0.316. The van der Waals surface area contributed by atoms with Gasteiger partial charge in [-0.05, 0) is 43.3 Å². The number of ether oxygens (including phenoxy) is 2. The van der Waals surface area contributed by atoms with Gasteiger partial charge in [0.05, 0.1) is 13.2 Å². The Labute approximate surface area is 146 Å². The number of urea groups is 1. The molecule has 1 saturated heterocycles. The van der Waals surface area contributed by atoms with E-state index in [1.807, 2.05) is 19.1 Å². The Bertz CT molecular complexity index is 760. The van der Waals surface area contributed by atoms with E-state index in [2.05, 4.69) is 11.2 Å². The highest BCUT2D eigenvalue weighted by Crippen LogP contribution is 2.24. The maximum absolute atomic E-state index is 12.5. The summed E-state index contributed by atoms with van der Waals surface area (Å²) in [5, 5.41) is 2.88. The first-order valence-electron chi connectivity index (χ1n) is 8.06. The van der Waals surface area contributed by atoms with E-state index >= 15 is 0 Å². The Morgan fingerprint density at radius 3 is 2.84 bits per heavy atom. The number of carbonyl (C=O) groups excluding carboxylic acids is 1. The van der Waals surface area contributed by atoms with Crippen LogP contribution < -0.4 is 10.1 Å². The van der Waals surface area contributed by atoms with Crippen LogP contribution in [0.3, 0.4) is 0 Å². The molecule has 1 aliphatic heterocycles. The third-order valence-electron chi connectivity index (χ3n) is 3.86. The molecule has 1 aromatic carbocycles. The highest BCUT2D eigenvalue weighted by Gasteiger charge is 2.27. The van der Waals surface area contributed by atoms with Crippen molar-refractivity contribution in [2.45, 2.75) is 13.0 Å². The second-order valence-corrected chi connectivity index (χ2v) is 5.70. The van der Waals surface area contributed by atoms with Crippen molar-refractivity contribution in [3.05, 3.63) is 47.9 Å². The first-order valence-corrected chi connectivity index (χ1v) is 8.06. The van der Waals surface area contributed by atoms with E-state index in [1.165, 1.54) is 0 Å². The minimum Gasteiger partial charge on any atom is -0.481 e. The predicted octanol–water partition coefficient (Wildman–Crippen LogP) is 3.21. The number of amides is 2. The molecule has 0 bridgehead atoms. The van der Waals surface area contributed by atoms with Crippen LogP contribution in [0, 0.1) is 19.3 Å². The molecule has 0 saturated carbocycles. The lowest BCUT2D eigenvalue weighted by Gasteiger charge is -2.32. The van der Waals surface area contributed by atoms with Crippen molar-refractivity contribution in [3.63, 3.8) is 0 Å². The largest absolute Gasteiger partial charge is 0.481 e. The van der Waals surface area contributed by atoms with Gasteiger partial charge in [-0.25, -0.2) is 4.79 Å². The molecule has 130 valence electrons. The number of nitrogens with one attached hydrogen (secondary N) is 1. The van der Waals surface area contributed by atoms with Crippen molar-refractivity contribution in [1.82, 2.24) is 4.90 Å². The zero-order chi connectivity index (χ0) is 17.6. The van der Waals surface area contributed by atoms with E-state index in [0.717, 1.165) is 11.5 Å². The quantitative estimate of drug-likeness (QED) is 0.868. The maximum atomic E-state index is 12.5. The van der Waals surface area contributed by atoms with Gasteiger partial charge in [0.15, 0.2) is 0 Å². The molecule has 2 amide bonds. The number of aryl methyl sites for hydroxylation is 1. The Hall–Kier alpha value is -2.91. The van der Waals surface area contributed by atoms with Gasteiger partial charge in [-0.2, -0.15) is 0 Å². The summed E-state index contributed by atoms with van der Waals surface area (Å²) in [5.41, 5.74) is 0.690. The molecular formula is C19H20N2O4. The van der Waals surface area contributed by atoms with Gasteiger partial charge in [-0.1, -0.05) is 5.92 Å². The maximum Gasteiger partial charge on any atom is 0.322 e. The van der Waals surface area contributed by atoms with Crippen molar-refractivity contribution in [1.29, 1.82) is 0 Å². The summed E-state index contributed by atoms with van der Waals surface area (Å²) in [6.45, 7) is 3.55. The number of rotatable bonds is 4. The van der Waals surface area contributed by atoms with Crippen LogP contribution in [0.5, 0.6) is 5.75 Å². The molecule has 1 N–H and O–H groups in total. The van der Waals surface area contributed by atoms with Gasteiger partial charge in [-0.15, -0.1) is 6.42 Å². The van der Waals surface area contributed by atoms with Gasteiger partial charge in [0, 0.05) is 12.2 Å². The second kappa shape index (κ2) is 7.77. The smallest absolute Gasteiger partial charge is 0.322 e. The summed E-state index contributed by atoms with van der Waals surface area (Å²) in [6, 6.07) is 10.7. The topological polar surface area (TPSA) is 63.9 Å². The Morgan fingerprint density at radius 2 is 2.16 bits per heavy atom. The van der Waals surface area contributed by atoms with E-state index in [0.29, 0.717) is 31.1 Å². The van der Waals surface area contributed by atoms with Crippen LogP contribution >= 0.6 is 0 Å². The van der Waals surface area contributed by atoms with Crippen LogP contribution in [0.15, 0.2) is 40.8 Å². The van der Waals surface area contributed by atoms with Crippen LogP contribution in [0.1, 0.15) is 17.6 Å². The monoisotopic (exact) mass is 340 g/mol. The number of carbonyl (C=O) groups is 1. The van der Waals surface area contributed by atoms with Gasteiger partial charge in [0.25, 0.3) is 0 Å². The number of furan rings is 1. The van der Waals surface area contributed by atoms with Crippen LogP contribution in [-0.4, -0.2) is 37.2 Å². The number of benzene rings is 1. The number of morpholine rings is 1.